The van der Waals surface area contributed by atoms with Crippen LogP contribution >= 0.6 is 0 Å². The molecule has 7 heteroatoms. The summed E-state index contributed by atoms with van der Waals surface area (Å²) in [6, 6.07) is 4.19. The summed E-state index contributed by atoms with van der Waals surface area (Å²) < 4.78 is 31.8. The van der Waals surface area contributed by atoms with Crippen LogP contribution in [-0.2, 0) is 10.0 Å². The second kappa shape index (κ2) is 6.03. The van der Waals surface area contributed by atoms with Crippen LogP contribution in [0.2, 0.25) is 0 Å². The lowest BCUT2D eigenvalue weighted by molar-refractivity contribution is 0.0997. The average Bonchev–Trinajstić information content (AvgIpc) is 2.46. The highest BCUT2D eigenvalue weighted by Crippen LogP contribution is 2.27. The van der Waals surface area contributed by atoms with E-state index in [4.69, 9.17) is 10.5 Å². The molecule has 0 saturated carbocycles. The van der Waals surface area contributed by atoms with Gasteiger partial charge in [0.25, 0.3) is 5.91 Å². The fourth-order valence-corrected chi connectivity index (χ4v) is 4.18. The smallest absolute Gasteiger partial charge is 0.252 e. The van der Waals surface area contributed by atoms with Gasteiger partial charge in [-0.2, -0.15) is 4.31 Å². The molecule has 0 aliphatic carbocycles. The van der Waals surface area contributed by atoms with E-state index in [1.54, 1.807) is 0 Å². The highest BCUT2D eigenvalue weighted by atomic mass is 32.2. The number of hydrogen-bond acceptors (Lipinski definition) is 4. The number of primary amides is 1. The molecule has 1 fully saturated rings. The Kier molecular flexibility index (Phi) is 4.53. The molecule has 1 aliphatic heterocycles. The fraction of sp³-hybridized carbons (Fsp3) is 0.500. The van der Waals surface area contributed by atoms with E-state index in [1.807, 2.05) is 6.92 Å². The molecule has 1 atom stereocenters. The Morgan fingerprint density at radius 3 is 2.71 bits per heavy atom. The average molecular weight is 312 g/mol. The van der Waals surface area contributed by atoms with Gasteiger partial charge in [-0.25, -0.2) is 8.42 Å². The van der Waals surface area contributed by atoms with Gasteiger partial charge in [0.2, 0.25) is 10.0 Å². The Labute approximate surface area is 124 Å². The Balaban J connectivity index is 2.40. The zero-order valence-electron chi connectivity index (χ0n) is 12.2. The number of carbonyl (C=O) groups is 1. The third-order valence-electron chi connectivity index (χ3n) is 3.69. The Morgan fingerprint density at radius 1 is 1.43 bits per heavy atom. The van der Waals surface area contributed by atoms with Gasteiger partial charge in [0.15, 0.2) is 0 Å². The molecular formula is C14H20N2O4S. The first-order valence-corrected chi connectivity index (χ1v) is 8.28. The summed E-state index contributed by atoms with van der Waals surface area (Å²) >= 11 is 0. The molecule has 1 amide bonds. The van der Waals surface area contributed by atoms with Crippen LogP contribution in [0.25, 0.3) is 0 Å². The van der Waals surface area contributed by atoms with Crippen molar-refractivity contribution in [2.24, 2.45) is 11.7 Å². The minimum atomic E-state index is -3.61. The third-order valence-corrected chi connectivity index (χ3v) is 5.56. The molecule has 2 N–H and O–H groups in total. The number of piperidine rings is 1. The SMILES string of the molecule is COc1ccc(S(=O)(=O)N2CCCC(C)C2)cc1C(N)=O. The largest absolute Gasteiger partial charge is 0.496 e. The van der Waals surface area contributed by atoms with E-state index >= 15 is 0 Å². The lowest BCUT2D eigenvalue weighted by Crippen LogP contribution is -2.39. The topological polar surface area (TPSA) is 89.7 Å². The summed E-state index contributed by atoms with van der Waals surface area (Å²) in [6.45, 7) is 3.04. The summed E-state index contributed by atoms with van der Waals surface area (Å²) in [5.41, 5.74) is 5.35. The van der Waals surface area contributed by atoms with Crippen molar-refractivity contribution in [1.82, 2.24) is 4.31 Å². The van der Waals surface area contributed by atoms with E-state index in [0.717, 1.165) is 12.8 Å². The molecule has 1 aromatic carbocycles. The van der Waals surface area contributed by atoms with E-state index in [9.17, 15) is 13.2 Å². The first-order valence-electron chi connectivity index (χ1n) is 6.84. The highest BCUT2D eigenvalue weighted by molar-refractivity contribution is 7.89. The van der Waals surface area contributed by atoms with E-state index in [0.29, 0.717) is 19.0 Å². The summed E-state index contributed by atoms with van der Waals surface area (Å²) in [6.07, 6.45) is 1.88. The van der Waals surface area contributed by atoms with Crippen molar-refractivity contribution in [3.63, 3.8) is 0 Å². The molecule has 0 aromatic heterocycles. The lowest BCUT2D eigenvalue weighted by Gasteiger charge is -2.30. The minimum absolute atomic E-state index is 0.0728. The fourth-order valence-electron chi connectivity index (χ4n) is 2.55. The molecule has 0 bridgehead atoms. The van der Waals surface area contributed by atoms with Gasteiger partial charge in [-0.1, -0.05) is 6.92 Å². The molecule has 1 aromatic rings. The second-order valence-corrected chi connectivity index (χ2v) is 7.27. The van der Waals surface area contributed by atoms with Gasteiger partial charge in [-0.05, 0) is 37.0 Å². The number of ether oxygens (including phenoxy) is 1. The summed E-state index contributed by atoms with van der Waals surface area (Å²) in [5.74, 6) is -0.105. The van der Waals surface area contributed by atoms with Gasteiger partial charge in [0.05, 0.1) is 17.6 Å². The maximum absolute atomic E-state index is 12.6. The lowest BCUT2D eigenvalue weighted by atomic mass is 10.0. The molecule has 1 saturated heterocycles. The number of methoxy groups -OCH3 is 1. The number of nitrogens with two attached hydrogens (primary N) is 1. The van der Waals surface area contributed by atoms with Crippen molar-refractivity contribution in [1.29, 1.82) is 0 Å². The molecule has 21 heavy (non-hydrogen) atoms. The number of carbonyl (C=O) groups excluding carboxylic acids is 1. The van der Waals surface area contributed by atoms with Crippen molar-refractivity contribution in [2.75, 3.05) is 20.2 Å². The monoisotopic (exact) mass is 312 g/mol. The van der Waals surface area contributed by atoms with Crippen molar-refractivity contribution in [2.45, 2.75) is 24.7 Å². The number of hydrogen-bond donors (Lipinski definition) is 1. The predicted octanol–water partition coefficient (Wildman–Crippen LogP) is 1.21. The summed E-state index contributed by atoms with van der Waals surface area (Å²) in [5, 5.41) is 0. The maximum atomic E-state index is 12.6. The summed E-state index contributed by atoms with van der Waals surface area (Å²) in [4.78, 5) is 11.5. The van der Waals surface area contributed by atoms with Gasteiger partial charge >= 0.3 is 0 Å². The van der Waals surface area contributed by atoms with Crippen molar-refractivity contribution in [3.05, 3.63) is 23.8 Å². The first-order chi connectivity index (χ1) is 9.86. The van der Waals surface area contributed by atoms with Crippen molar-refractivity contribution < 1.29 is 17.9 Å². The molecule has 1 unspecified atom stereocenters. The van der Waals surface area contributed by atoms with Crippen LogP contribution in [-0.4, -0.2) is 38.8 Å². The van der Waals surface area contributed by atoms with E-state index in [-0.39, 0.29) is 16.2 Å². The number of rotatable bonds is 4. The molecule has 1 aliphatic rings. The van der Waals surface area contributed by atoms with Gasteiger partial charge in [0, 0.05) is 13.1 Å². The normalized spacial score (nSPS) is 20.2. The van der Waals surface area contributed by atoms with E-state index < -0.39 is 15.9 Å². The predicted molar refractivity (Wildman–Crippen MR) is 78.7 cm³/mol. The Bertz CT molecular complexity index is 642. The maximum Gasteiger partial charge on any atom is 0.252 e. The third kappa shape index (κ3) is 3.19. The number of amides is 1. The van der Waals surface area contributed by atoms with Crippen molar-refractivity contribution >= 4 is 15.9 Å². The second-order valence-electron chi connectivity index (χ2n) is 5.34. The molecule has 6 nitrogen and oxygen atoms in total. The van der Waals surface area contributed by atoms with Gasteiger partial charge < -0.3 is 10.5 Å². The van der Waals surface area contributed by atoms with Crippen LogP contribution in [0.5, 0.6) is 5.75 Å². The number of sulfonamides is 1. The standard InChI is InChI=1S/C14H20N2O4S/c1-10-4-3-7-16(9-10)21(18,19)11-5-6-13(20-2)12(8-11)14(15)17/h5-6,8,10H,3-4,7,9H2,1-2H3,(H2,15,17). The number of nitrogens with zero attached hydrogens (tertiary/aromatic N) is 1. The Morgan fingerprint density at radius 2 is 2.14 bits per heavy atom. The highest BCUT2D eigenvalue weighted by Gasteiger charge is 2.29. The van der Waals surface area contributed by atoms with Gasteiger partial charge in [-0.3, -0.25) is 4.79 Å². The quantitative estimate of drug-likeness (QED) is 0.905. The zero-order chi connectivity index (χ0) is 15.6. The van der Waals surface area contributed by atoms with Crippen LogP contribution in [0.3, 0.4) is 0 Å². The van der Waals surface area contributed by atoms with Gasteiger partial charge in [0.1, 0.15) is 5.75 Å². The molecular weight excluding hydrogens is 292 g/mol. The Hall–Kier alpha value is -1.60. The summed E-state index contributed by atoms with van der Waals surface area (Å²) in [7, 11) is -2.20. The van der Waals surface area contributed by atoms with E-state index in [1.165, 1.54) is 29.6 Å². The molecule has 0 radical (unpaired) electrons. The minimum Gasteiger partial charge on any atom is -0.496 e. The van der Waals surface area contributed by atoms with Crippen LogP contribution in [0.15, 0.2) is 23.1 Å². The molecule has 0 spiro atoms. The molecule has 2 rings (SSSR count). The molecule has 1 heterocycles. The van der Waals surface area contributed by atoms with Crippen LogP contribution in [0.1, 0.15) is 30.1 Å². The van der Waals surface area contributed by atoms with Crippen LogP contribution in [0, 0.1) is 5.92 Å². The van der Waals surface area contributed by atoms with Crippen molar-refractivity contribution in [3.8, 4) is 5.75 Å². The first kappa shape index (κ1) is 15.8. The van der Waals surface area contributed by atoms with Crippen LogP contribution in [0.4, 0.5) is 0 Å². The van der Waals surface area contributed by atoms with Gasteiger partial charge in [-0.15, -0.1) is 0 Å². The number of benzene rings is 1. The molecule has 116 valence electrons. The van der Waals surface area contributed by atoms with E-state index in [2.05, 4.69) is 0 Å². The zero-order valence-corrected chi connectivity index (χ0v) is 13.0. The van der Waals surface area contributed by atoms with Crippen LogP contribution < -0.4 is 10.5 Å².